The molecule has 4 aromatic heterocycles. The maximum atomic E-state index is 13.1. The molecule has 6 heterocycles. The molecule has 0 radical (unpaired) electrons. The van der Waals surface area contributed by atoms with Crippen molar-refractivity contribution in [2.24, 2.45) is 5.92 Å². The Morgan fingerprint density at radius 1 is 1.00 bits per heavy atom. The number of hydrogen-bond acceptors (Lipinski definition) is 8. The number of nitrogens with zero attached hydrogens (tertiary/aromatic N) is 8. The number of ether oxygens (including phenoxy) is 2. The lowest BCUT2D eigenvalue weighted by molar-refractivity contribution is -0.135. The second kappa shape index (κ2) is 10.7. The van der Waals surface area contributed by atoms with Crippen LogP contribution in [0.4, 0.5) is 11.6 Å². The number of pyridine rings is 2. The number of carbonyl (C=O) groups is 1. The normalized spacial score (nSPS) is 16.3. The van der Waals surface area contributed by atoms with E-state index in [9.17, 15) is 4.79 Å². The first-order valence-electron chi connectivity index (χ1n) is 15.2. The molecule has 5 aromatic rings. The van der Waals surface area contributed by atoms with Gasteiger partial charge < -0.3 is 23.8 Å². The molecule has 224 valence electrons. The fourth-order valence-corrected chi connectivity index (χ4v) is 6.30. The maximum absolute atomic E-state index is 13.1. The van der Waals surface area contributed by atoms with Crippen LogP contribution in [0, 0.1) is 5.92 Å². The van der Waals surface area contributed by atoms with Crippen molar-refractivity contribution in [2.45, 2.75) is 51.9 Å². The number of anilines is 2. The van der Waals surface area contributed by atoms with E-state index in [1.165, 1.54) is 18.4 Å². The van der Waals surface area contributed by atoms with Crippen molar-refractivity contribution in [3.63, 3.8) is 0 Å². The molecule has 0 atom stereocenters. The monoisotopic (exact) mass is 590 g/mol. The summed E-state index contributed by atoms with van der Waals surface area (Å²) in [5.41, 5.74) is 6.77. The van der Waals surface area contributed by atoms with Crippen LogP contribution < -0.4 is 14.4 Å². The third-order valence-corrected chi connectivity index (χ3v) is 8.91. The molecule has 44 heavy (non-hydrogen) atoms. The van der Waals surface area contributed by atoms with Gasteiger partial charge in [0.05, 0.1) is 38.5 Å². The van der Waals surface area contributed by atoms with Crippen LogP contribution in [0.15, 0.2) is 55.0 Å². The van der Waals surface area contributed by atoms with Gasteiger partial charge in [-0.3, -0.25) is 9.48 Å². The summed E-state index contributed by atoms with van der Waals surface area (Å²) in [6.07, 6.45) is 8.42. The molecule has 0 saturated heterocycles. The van der Waals surface area contributed by atoms with Crippen LogP contribution in [0.1, 0.15) is 36.1 Å². The van der Waals surface area contributed by atoms with E-state index in [0.29, 0.717) is 24.6 Å². The number of hydrogen-bond donors (Lipinski definition) is 0. The predicted octanol–water partition coefficient (Wildman–Crippen LogP) is 4.74. The summed E-state index contributed by atoms with van der Waals surface area (Å²) in [4.78, 5) is 31.7. The average Bonchev–Trinajstić information content (AvgIpc) is 3.66. The van der Waals surface area contributed by atoms with E-state index in [2.05, 4.69) is 32.7 Å². The van der Waals surface area contributed by atoms with Gasteiger partial charge in [0.1, 0.15) is 35.2 Å². The molecule has 0 N–H and O–H groups in total. The van der Waals surface area contributed by atoms with Gasteiger partial charge in [-0.15, -0.1) is 0 Å². The van der Waals surface area contributed by atoms with Gasteiger partial charge in [-0.1, -0.05) is 0 Å². The third kappa shape index (κ3) is 4.82. The summed E-state index contributed by atoms with van der Waals surface area (Å²) < 4.78 is 14.9. The van der Waals surface area contributed by atoms with Gasteiger partial charge in [-0.05, 0) is 73.6 Å². The lowest BCUT2D eigenvalue weighted by Crippen LogP contribution is -2.38. The number of carbonyl (C=O) groups excluding carboxylic acids is 1. The summed E-state index contributed by atoms with van der Waals surface area (Å²) in [5.74, 6) is 4.03. The van der Waals surface area contributed by atoms with Crippen LogP contribution in [0.25, 0.3) is 22.4 Å². The Kier molecular flexibility index (Phi) is 6.46. The summed E-state index contributed by atoms with van der Waals surface area (Å²) in [6, 6.07) is 14.0. The molecule has 0 unspecified atom stereocenters. The van der Waals surface area contributed by atoms with Crippen LogP contribution in [0.5, 0.6) is 11.5 Å². The number of aromatic nitrogens is 6. The van der Waals surface area contributed by atoms with Crippen molar-refractivity contribution in [3.05, 3.63) is 71.8 Å². The topological polar surface area (TPSA) is 103 Å². The van der Waals surface area contributed by atoms with Crippen molar-refractivity contribution in [1.29, 1.82) is 0 Å². The van der Waals surface area contributed by atoms with E-state index in [0.717, 1.165) is 77.2 Å². The van der Waals surface area contributed by atoms with Crippen LogP contribution >= 0.6 is 0 Å². The fraction of sp³-hybridized carbons (Fsp3) is 0.364. The molecular formula is C33H34N8O3. The van der Waals surface area contributed by atoms with Crippen molar-refractivity contribution in [3.8, 4) is 22.8 Å². The lowest BCUT2D eigenvalue weighted by atomic mass is 10.1. The Hall–Kier alpha value is -4.93. The SMILES string of the molecule is COc1ccc(CN2Cc3cc(-c4ccc(N5CCCc6cc7ncn(CC8CC8)c7nc65)nc4)nn3CC2=O)c(OC)c1. The van der Waals surface area contributed by atoms with Crippen LogP contribution in [0.2, 0.25) is 0 Å². The molecular weight excluding hydrogens is 556 g/mol. The number of amides is 1. The Bertz CT molecular complexity index is 1870. The number of imidazole rings is 1. The number of rotatable bonds is 8. The van der Waals surface area contributed by atoms with Crippen LogP contribution in [0.3, 0.4) is 0 Å². The number of benzene rings is 1. The zero-order valence-corrected chi connectivity index (χ0v) is 24.9. The van der Waals surface area contributed by atoms with Gasteiger partial charge in [-0.25, -0.2) is 15.0 Å². The first-order chi connectivity index (χ1) is 21.6. The molecule has 0 bridgehead atoms. The zero-order valence-electron chi connectivity index (χ0n) is 24.9. The fourth-order valence-electron chi connectivity index (χ4n) is 6.30. The first-order valence-corrected chi connectivity index (χ1v) is 15.2. The highest BCUT2D eigenvalue weighted by atomic mass is 16.5. The van der Waals surface area contributed by atoms with Gasteiger partial charge in [0, 0.05) is 43.0 Å². The van der Waals surface area contributed by atoms with E-state index in [1.54, 1.807) is 18.9 Å². The van der Waals surface area contributed by atoms with E-state index in [1.807, 2.05) is 41.7 Å². The second-order valence-electron chi connectivity index (χ2n) is 11.9. The van der Waals surface area contributed by atoms with E-state index < -0.39 is 0 Å². The largest absolute Gasteiger partial charge is 0.497 e. The van der Waals surface area contributed by atoms with Gasteiger partial charge in [0.2, 0.25) is 5.91 Å². The Morgan fingerprint density at radius 3 is 2.70 bits per heavy atom. The second-order valence-corrected chi connectivity index (χ2v) is 11.9. The van der Waals surface area contributed by atoms with Crippen molar-refractivity contribution in [2.75, 3.05) is 25.7 Å². The predicted molar refractivity (Wildman–Crippen MR) is 165 cm³/mol. The minimum Gasteiger partial charge on any atom is -0.497 e. The van der Waals surface area contributed by atoms with Gasteiger partial charge in [-0.2, -0.15) is 5.10 Å². The molecule has 3 aliphatic rings. The third-order valence-electron chi connectivity index (χ3n) is 8.91. The van der Waals surface area contributed by atoms with Gasteiger partial charge >= 0.3 is 0 Å². The molecule has 1 saturated carbocycles. The van der Waals surface area contributed by atoms with Crippen LogP contribution in [-0.4, -0.2) is 60.9 Å². The van der Waals surface area contributed by atoms with Gasteiger partial charge in [0.25, 0.3) is 0 Å². The molecule has 2 aliphatic heterocycles. The molecule has 0 spiro atoms. The number of methoxy groups -OCH3 is 2. The quantitative estimate of drug-likeness (QED) is 0.255. The van der Waals surface area contributed by atoms with Crippen LogP contribution in [-0.2, 0) is 37.4 Å². The van der Waals surface area contributed by atoms with Gasteiger partial charge in [0.15, 0.2) is 5.65 Å². The number of fused-ring (bicyclic) bond motifs is 3. The van der Waals surface area contributed by atoms with Crippen molar-refractivity contribution in [1.82, 2.24) is 34.2 Å². The Labute approximate surface area is 255 Å². The summed E-state index contributed by atoms with van der Waals surface area (Å²) >= 11 is 0. The molecule has 11 nitrogen and oxygen atoms in total. The molecule has 1 fully saturated rings. The van der Waals surface area contributed by atoms with E-state index in [-0.39, 0.29) is 12.5 Å². The maximum Gasteiger partial charge on any atom is 0.244 e. The number of aryl methyl sites for hydroxylation is 1. The summed E-state index contributed by atoms with van der Waals surface area (Å²) in [5, 5.41) is 4.77. The molecule has 8 rings (SSSR count). The highest BCUT2D eigenvalue weighted by Gasteiger charge is 2.28. The molecule has 1 amide bonds. The molecule has 1 aliphatic carbocycles. The minimum atomic E-state index is 0.0161. The highest BCUT2D eigenvalue weighted by Crippen LogP contribution is 2.36. The minimum absolute atomic E-state index is 0.0161. The molecule has 11 heteroatoms. The first kappa shape index (κ1) is 26.7. The highest BCUT2D eigenvalue weighted by molar-refractivity contribution is 5.79. The average molecular weight is 591 g/mol. The lowest BCUT2D eigenvalue weighted by Gasteiger charge is -2.29. The Morgan fingerprint density at radius 2 is 1.91 bits per heavy atom. The Balaban J connectivity index is 1.02. The van der Waals surface area contributed by atoms with Crippen molar-refractivity contribution < 1.29 is 14.3 Å². The summed E-state index contributed by atoms with van der Waals surface area (Å²) in [7, 11) is 3.25. The zero-order chi connectivity index (χ0) is 29.8. The molecule has 1 aromatic carbocycles. The standard InChI is InChI=1S/C33H34N8O3/c1-43-26-9-7-24(29(14-26)44-2)17-38-18-25-13-27(37-41(25)19-31(38)42)23-8-10-30(34-15-23)40-11-3-4-22-12-28-33(36-32(22)40)39(20-35-28)16-21-5-6-21/h7-10,12-15,20-21H,3-6,11,16-19H2,1-2H3. The van der Waals surface area contributed by atoms with Crippen molar-refractivity contribution >= 4 is 28.7 Å². The summed E-state index contributed by atoms with van der Waals surface area (Å²) in [6.45, 7) is 2.96. The van der Waals surface area contributed by atoms with E-state index in [4.69, 9.17) is 24.5 Å². The smallest absolute Gasteiger partial charge is 0.244 e. The van der Waals surface area contributed by atoms with E-state index >= 15 is 0 Å².